The van der Waals surface area contributed by atoms with Crippen molar-refractivity contribution in [2.24, 2.45) is 35.5 Å². The molecule has 2 heterocycles. The maximum atomic E-state index is 12.8. The minimum absolute atomic E-state index is 0.0146. The summed E-state index contributed by atoms with van der Waals surface area (Å²) >= 11 is 0. The SMILES string of the molecule is CC(CS(=O)(=O)[O-])C(=O)OC12CC3CC(CC(C3)C1)C2.O=C1OC(C(F)(F)F)(C(F)(F)F)CCOCC1CS(=O)(=O)[O-].O=C1OCCCOCC1CS(=O)(=O)[O-].c1ccc([S+](c2ccccc2)c2ccccc2)cc1.c1ccc([S+](c2ccccc2)c2ccccc2)cc1.c1ccc([S+](c2ccccc2)c2ccccc2)cc1. The molecule has 0 radical (unpaired) electrons. The molecule has 6 aliphatic rings. The molecule has 0 spiro atoms. The molecule has 602 valence electrons. The largest absolute Gasteiger partial charge is 0.748 e. The van der Waals surface area contributed by atoms with Gasteiger partial charge in [-0.2, -0.15) is 26.3 Å². The van der Waals surface area contributed by atoms with Crippen LogP contribution in [0.25, 0.3) is 0 Å². The van der Waals surface area contributed by atoms with Crippen molar-refractivity contribution < 1.29 is 103 Å². The molecule has 4 aliphatic carbocycles. The number of carbonyl (C=O) groups is 3. The Bertz CT molecular complexity index is 4160. The summed E-state index contributed by atoms with van der Waals surface area (Å²) < 4.78 is 195. The van der Waals surface area contributed by atoms with Crippen LogP contribution in [-0.4, -0.2) is 131 Å². The van der Waals surface area contributed by atoms with Crippen LogP contribution in [0.3, 0.4) is 0 Å². The van der Waals surface area contributed by atoms with Crippen molar-refractivity contribution in [3.05, 3.63) is 273 Å². The zero-order chi connectivity index (χ0) is 81.3. The Hall–Kier alpha value is -8.33. The summed E-state index contributed by atoms with van der Waals surface area (Å²) in [5, 5.41) is 0. The second-order valence-corrected chi connectivity index (χ2v) is 37.8. The summed E-state index contributed by atoms with van der Waals surface area (Å²) in [6.45, 7) is 0.0588. The predicted molar refractivity (Wildman–Crippen MR) is 414 cm³/mol. The zero-order valence-corrected chi connectivity index (χ0v) is 66.3. The van der Waals surface area contributed by atoms with E-state index >= 15 is 0 Å². The Labute approximate surface area is 664 Å². The number of hydrogen-bond donors (Lipinski definition) is 0. The standard InChI is InChI=1S/3C18H15S.C14H22O5S.C9H10F6O6S.C7H12O6S/c3*1-4-10-16(11-5-1)19(17-12-6-2-7-13-17)18-14-8-3-9-15-18;1-9(8-20(16,17)18)13(15)19-14-5-10-2-11(6-14)4-12(3-10)7-14;10-8(11,12)7(9(13,14)15)1-2-20-3-5(6(16)21-7)4-22(17,18)19;8-7-6(5-14(9,10)11)4-12-2-1-3-13-7/h3*1-15H;9-12H,2-8H2,1H3,(H,16,17,18);5H,1-4H2,(H,17,18,19);6H,1-5H2,(H,9,10,11)/q3*+1;;;/p-3. The maximum absolute atomic E-state index is 12.8. The first kappa shape index (κ1) is 88.6. The van der Waals surface area contributed by atoms with Gasteiger partial charge < -0.3 is 37.3 Å². The van der Waals surface area contributed by atoms with Crippen LogP contribution in [-0.2, 0) is 101 Å². The number of cyclic esters (lactones) is 2. The second kappa shape index (κ2) is 41.3. The molecule has 0 amide bonds. The third-order valence-electron chi connectivity index (χ3n) is 18.5. The van der Waals surface area contributed by atoms with Gasteiger partial charge in [-0.05, 0) is 165 Å². The molecule has 0 aromatic heterocycles. The van der Waals surface area contributed by atoms with Crippen molar-refractivity contribution in [3.63, 3.8) is 0 Å². The fourth-order valence-corrected chi connectivity index (χ4v) is 22.4. The molecule has 9 aromatic rings. The van der Waals surface area contributed by atoms with E-state index < -0.39 is 121 Å². The lowest BCUT2D eigenvalue weighted by Crippen LogP contribution is -2.61. The third-order valence-corrected chi connectivity index (χ3v) is 27.8. The van der Waals surface area contributed by atoms with E-state index in [0.717, 1.165) is 19.3 Å². The Morgan fingerprint density at radius 1 is 0.425 bits per heavy atom. The number of rotatable bonds is 17. The lowest BCUT2D eigenvalue weighted by Gasteiger charge is -2.55. The van der Waals surface area contributed by atoms with Crippen LogP contribution in [0.5, 0.6) is 0 Å². The minimum atomic E-state index is -6.00. The summed E-state index contributed by atoms with van der Waals surface area (Å²) in [5.41, 5.74) is -5.19. The molecule has 15 rings (SSSR count). The highest BCUT2D eigenvalue weighted by molar-refractivity contribution is 7.97. The molecular formula is C84H86F6O17S6. The van der Waals surface area contributed by atoms with E-state index in [0.29, 0.717) is 30.8 Å². The van der Waals surface area contributed by atoms with E-state index in [1.165, 1.54) is 70.2 Å². The average molecular weight is 1670 g/mol. The van der Waals surface area contributed by atoms with E-state index in [4.69, 9.17) is 14.2 Å². The number of carbonyl (C=O) groups excluding carboxylic acids is 3. The average Bonchev–Trinajstić information content (AvgIpc) is 0.752. The van der Waals surface area contributed by atoms with Crippen molar-refractivity contribution in [2.45, 2.75) is 126 Å². The predicted octanol–water partition coefficient (Wildman–Crippen LogP) is 16.1. The normalized spacial score (nSPS) is 20.3. The van der Waals surface area contributed by atoms with Crippen LogP contribution in [0.4, 0.5) is 26.3 Å². The first-order chi connectivity index (χ1) is 53.8. The molecule has 29 heteroatoms. The Morgan fingerprint density at radius 2 is 0.690 bits per heavy atom. The number of benzene rings is 9. The molecule has 4 bridgehead atoms. The van der Waals surface area contributed by atoms with Crippen molar-refractivity contribution >= 4 is 80.9 Å². The lowest BCUT2D eigenvalue weighted by molar-refractivity contribution is -0.376. The van der Waals surface area contributed by atoms with Crippen molar-refractivity contribution in [1.82, 2.24) is 0 Å². The smallest absolute Gasteiger partial charge is 0.437 e. The molecule has 2 saturated heterocycles. The molecule has 6 fully saturated rings. The van der Waals surface area contributed by atoms with Gasteiger partial charge in [0.2, 0.25) is 0 Å². The molecular weight excluding hydrogens is 1590 g/mol. The topological polar surface area (TPSA) is 269 Å². The van der Waals surface area contributed by atoms with Crippen molar-refractivity contribution in [3.8, 4) is 0 Å². The zero-order valence-electron chi connectivity index (χ0n) is 61.4. The third kappa shape index (κ3) is 27.2. The number of halogens is 6. The van der Waals surface area contributed by atoms with E-state index in [1.54, 1.807) is 0 Å². The van der Waals surface area contributed by atoms with Gasteiger partial charge in [0.15, 0.2) is 44.1 Å². The lowest BCUT2D eigenvalue weighted by atomic mass is 9.54. The monoisotopic (exact) mass is 1670 g/mol. The maximum Gasteiger partial charge on any atom is 0.437 e. The fraction of sp³-hybridized carbons (Fsp3) is 0.321. The van der Waals surface area contributed by atoms with E-state index in [-0.39, 0.29) is 51.5 Å². The number of ether oxygens (including phenoxy) is 5. The molecule has 3 atom stereocenters. The number of hydrogen-bond acceptors (Lipinski definition) is 17. The van der Waals surface area contributed by atoms with Crippen LogP contribution < -0.4 is 0 Å². The van der Waals surface area contributed by atoms with Gasteiger partial charge in [-0.25, -0.2) is 25.3 Å². The van der Waals surface area contributed by atoms with E-state index in [9.17, 15) is 79.6 Å². The molecule has 4 saturated carbocycles. The number of alkyl halides is 6. The molecule has 17 nitrogen and oxygen atoms in total. The summed E-state index contributed by atoms with van der Waals surface area (Å²) in [5.74, 6) is -8.23. The quantitative estimate of drug-likeness (QED) is 0.0269. The highest BCUT2D eigenvalue weighted by Crippen LogP contribution is 2.57. The Morgan fingerprint density at radius 3 is 0.947 bits per heavy atom. The summed E-state index contributed by atoms with van der Waals surface area (Å²) in [4.78, 5) is 46.9. The molecule has 2 aliphatic heterocycles. The second-order valence-electron chi connectivity index (χ2n) is 27.4. The molecule has 9 aromatic carbocycles. The van der Waals surface area contributed by atoms with Crippen LogP contribution in [0, 0.1) is 35.5 Å². The van der Waals surface area contributed by atoms with Gasteiger partial charge >= 0.3 is 35.9 Å². The van der Waals surface area contributed by atoms with Crippen LogP contribution >= 0.6 is 0 Å². The summed E-state index contributed by atoms with van der Waals surface area (Å²) in [6.07, 6.45) is -6.63. The van der Waals surface area contributed by atoms with Gasteiger partial charge in [0.1, 0.15) is 5.60 Å². The van der Waals surface area contributed by atoms with Gasteiger partial charge in [-0.15, -0.1) is 0 Å². The summed E-state index contributed by atoms with van der Waals surface area (Å²) in [6, 6.07) is 96.5. The first-order valence-corrected chi connectivity index (χ1v) is 44.6. The van der Waals surface area contributed by atoms with E-state index in [1.807, 2.05) is 0 Å². The Kier molecular flexibility index (Phi) is 32.4. The van der Waals surface area contributed by atoms with Gasteiger partial charge in [0.25, 0.3) is 0 Å². The first-order valence-electron chi connectivity index (χ1n) is 36.2. The Balaban J connectivity index is 0.000000156. The van der Waals surface area contributed by atoms with Gasteiger partial charge in [-0.3, -0.25) is 14.4 Å². The van der Waals surface area contributed by atoms with Gasteiger partial charge in [0, 0.05) is 19.4 Å². The number of esters is 3. The van der Waals surface area contributed by atoms with Gasteiger partial charge in [0.05, 0.1) is 124 Å². The molecule has 3 unspecified atom stereocenters. The minimum Gasteiger partial charge on any atom is -0.748 e. The van der Waals surface area contributed by atoms with Gasteiger partial charge in [-0.1, -0.05) is 171 Å². The fourth-order valence-electron chi connectivity index (χ4n) is 13.9. The van der Waals surface area contributed by atoms with Crippen molar-refractivity contribution in [2.75, 3.05) is 50.3 Å². The van der Waals surface area contributed by atoms with Crippen LogP contribution in [0.2, 0.25) is 0 Å². The highest BCUT2D eigenvalue weighted by atomic mass is 32.2. The highest BCUT2D eigenvalue weighted by Gasteiger charge is 2.74. The molecule has 0 N–H and O–H groups in total. The van der Waals surface area contributed by atoms with Crippen LogP contribution in [0.15, 0.2) is 317 Å². The van der Waals surface area contributed by atoms with E-state index in [2.05, 4.69) is 282 Å². The summed E-state index contributed by atoms with van der Waals surface area (Å²) in [7, 11) is -13.9. The van der Waals surface area contributed by atoms with Crippen LogP contribution in [0.1, 0.15) is 58.3 Å². The van der Waals surface area contributed by atoms with Crippen molar-refractivity contribution in [1.29, 1.82) is 0 Å². The molecule has 113 heavy (non-hydrogen) atoms.